The van der Waals surface area contributed by atoms with Crippen LogP contribution in [0.3, 0.4) is 0 Å². The van der Waals surface area contributed by atoms with Gasteiger partial charge in [0, 0.05) is 26.4 Å². The lowest BCUT2D eigenvalue weighted by Crippen LogP contribution is -2.61. The standard InChI is InChI=1S/C36H55N8O12P/c1-19(2)29-35(51)41-26(18-28(37)46)33(49)43-30(20(3)4)36(52)44-16-8-10-27(44)34(50)38-15-7-6-9-24(39-21(5)45)31(47)40-25(32(48)42-29)17-22-11-13-23(14-12-22)56-57(53,54)55/h11-14,19-20,24-27,29-30H,6-10,15-18H2,1-5H3,(H2,37,46)(H,38,50)(H,39,45)(H,40,47)(H,41,51)(H,42,48)(H,43,49)(H2,53,54,55)/t24-,25-,26-,27-,29-,30-/m0/s1. The van der Waals surface area contributed by atoms with Gasteiger partial charge in [0.05, 0.1) is 6.42 Å². The summed E-state index contributed by atoms with van der Waals surface area (Å²) in [5.41, 5.74) is 5.85. The number of hydrogen-bond acceptors (Lipinski definition) is 10. The number of carbonyl (C=O) groups excluding carboxylic acids is 8. The number of nitrogens with one attached hydrogen (secondary N) is 6. The predicted octanol–water partition coefficient (Wildman–Crippen LogP) is -1.38. The first-order valence-electron chi connectivity index (χ1n) is 18.9. The number of rotatable bonds is 9. The quantitative estimate of drug-likeness (QED) is 0.130. The van der Waals surface area contributed by atoms with E-state index in [2.05, 4.69) is 36.4 Å². The molecule has 3 rings (SSSR count). The van der Waals surface area contributed by atoms with Crippen molar-refractivity contribution in [3.8, 4) is 5.75 Å². The predicted molar refractivity (Wildman–Crippen MR) is 203 cm³/mol. The Kier molecular flexibility index (Phi) is 17.0. The Balaban J connectivity index is 2.02. The van der Waals surface area contributed by atoms with Gasteiger partial charge in [0.15, 0.2) is 0 Å². The molecule has 0 unspecified atom stereocenters. The number of phosphoric acid groups is 1. The Hall–Kier alpha value is -5.07. The molecule has 6 atom stereocenters. The van der Waals surface area contributed by atoms with E-state index >= 15 is 0 Å². The summed E-state index contributed by atoms with van der Waals surface area (Å²) >= 11 is 0. The summed E-state index contributed by atoms with van der Waals surface area (Å²) in [7, 11) is -4.87. The van der Waals surface area contributed by atoms with Crippen molar-refractivity contribution in [1.29, 1.82) is 0 Å². The van der Waals surface area contributed by atoms with Gasteiger partial charge in [0.2, 0.25) is 47.3 Å². The summed E-state index contributed by atoms with van der Waals surface area (Å²) in [5, 5.41) is 15.8. The summed E-state index contributed by atoms with van der Waals surface area (Å²) in [5.74, 6) is -7.01. The number of amides is 8. The molecule has 1 aromatic carbocycles. The van der Waals surface area contributed by atoms with Crippen LogP contribution >= 0.6 is 7.82 Å². The second-order valence-electron chi connectivity index (χ2n) is 14.9. The largest absolute Gasteiger partial charge is 0.524 e. The second-order valence-corrected chi connectivity index (χ2v) is 16.1. The van der Waals surface area contributed by atoms with Crippen molar-refractivity contribution in [2.24, 2.45) is 17.6 Å². The molecule has 0 bridgehead atoms. The van der Waals surface area contributed by atoms with Gasteiger partial charge in [-0.25, -0.2) is 4.57 Å². The van der Waals surface area contributed by atoms with Crippen molar-refractivity contribution in [1.82, 2.24) is 36.8 Å². The van der Waals surface area contributed by atoms with Crippen molar-refractivity contribution in [2.45, 2.75) is 116 Å². The van der Waals surface area contributed by atoms with E-state index in [1.807, 2.05) is 0 Å². The Morgan fingerprint density at radius 3 is 2.00 bits per heavy atom. The van der Waals surface area contributed by atoms with Crippen LogP contribution in [0.1, 0.15) is 78.7 Å². The third-order valence-electron chi connectivity index (χ3n) is 9.49. The van der Waals surface area contributed by atoms with Crippen molar-refractivity contribution >= 4 is 55.1 Å². The molecule has 0 radical (unpaired) electrons. The zero-order valence-electron chi connectivity index (χ0n) is 32.7. The van der Waals surface area contributed by atoms with Crippen LogP contribution in [0.15, 0.2) is 24.3 Å². The van der Waals surface area contributed by atoms with Gasteiger partial charge in [-0.1, -0.05) is 39.8 Å². The van der Waals surface area contributed by atoms with E-state index in [0.29, 0.717) is 31.2 Å². The molecule has 10 N–H and O–H groups in total. The van der Waals surface area contributed by atoms with Crippen molar-refractivity contribution in [2.75, 3.05) is 13.1 Å². The minimum atomic E-state index is -4.87. The van der Waals surface area contributed by atoms with Crippen molar-refractivity contribution < 1.29 is 57.2 Å². The summed E-state index contributed by atoms with van der Waals surface area (Å²) in [6, 6.07) is -2.03. The SMILES string of the molecule is CC(=O)N[C@H]1CCCCNC(=O)[C@@H]2CCCN2C(=O)[C@H](C(C)C)NC(=O)[C@H](CC(N)=O)NC(=O)[C@H](C(C)C)NC(=O)[C@H](Cc2ccc(OP(=O)(O)O)cc2)NC1=O. The molecule has 0 spiro atoms. The molecule has 1 aromatic rings. The minimum Gasteiger partial charge on any atom is -0.404 e. The van der Waals surface area contributed by atoms with E-state index in [9.17, 15) is 42.9 Å². The maximum absolute atomic E-state index is 14.0. The Morgan fingerprint density at radius 1 is 0.825 bits per heavy atom. The lowest BCUT2D eigenvalue weighted by Gasteiger charge is -2.32. The van der Waals surface area contributed by atoms with Crippen LogP contribution in [0.2, 0.25) is 0 Å². The first-order chi connectivity index (χ1) is 26.7. The van der Waals surface area contributed by atoms with Gasteiger partial charge >= 0.3 is 7.82 Å². The van der Waals surface area contributed by atoms with E-state index in [4.69, 9.17) is 15.5 Å². The molecule has 21 heteroatoms. The van der Waals surface area contributed by atoms with Crippen LogP contribution in [0.25, 0.3) is 0 Å². The first-order valence-corrected chi connectivity index (χ1v) is 20.4. The smallest absolute Gasteiger partial charge is 0.404 e. The molecule has 2 aliphatic heterocycles. The van der Waals surface area contributed by atoms with Crippen molar-refractivity contribution in [3.63, 3.8) is 0 Å². The Bertz CT molecular complexity index is 1700. The molecular formula is C36H55N8O12P. The Morgan fingerprint density at radius 2 is 1.42 bits per heavy atom. The van der Waals surface area contributed by atoms with E-state index in [1.54, 1.807) is 27.7 Å². The molecule has 2 fully saturated rings. The third-order valence-corrected chi connectivity index (χ3v) is 9.94. The van der Waals surface area contributed by atoms with Gasteiger partial charge in [0.1, 0.15) is 42.0 Å². The third kappa shape index (κ3) is 14.4. The van der Waals surface area contributed by atoms with Crippen LogP contribution in [-0.2, 0) is 49.3 Å². The fourth-order valence-electron chi connectivity index (χ4n) is 6.57. The monoisotopic (exact) mass is 822 g/mol. The average molecular weight is 823 g/mol. The molecule has 8 amide bonds. The lowest BCUT2D eigenvalue weighted by molar-refractivity contribution is -0.143. The minimum absolute atomic E-state index is 0.117. The molecule has 316 valence electrons. The van der Waals surface area contributed by atoms with E-state index in [0.717, 1.165) is 0 Å². The fourth-order valence-corrected chi connectivity index (χ4v) is 6.96. The molecule has 2 aliphatic rings. The molecule has 0 saturated carbocycles. The number of hydrogen-bond donors (Lipinski definition) is 9. The molecule has 57 heavy (non-hydrogen) atoms. The molecule has 2 heterocycles. The average Bonchev–Trinajstić information content (AvgIpc) is 3.60. The van der Waals surface area contributed by atoms with Crippen LogP contribution in [0.4, 0.5) is 0 Å². The molecule has 20 nitrogen and oxygen atoms in total. The number of primary amides is 1. The molecule has 0 aliphatic carbocycles. The first kappa shape index (κ1) is 46.3. The van der Waals surface area contributed by atoms with Crippen LogP contribution in [-0.4, -0.2) is 111 Å². The highest BCUT2D eigenvalue weighted by Gasteiger charge is 2.40. The highest BCUT2D eigenvalue weighted by molar-refractivity contribution is 7.46. The number of carbonyl (C=O) groups is 8. The van der Waals surface area contributed by atoms with Crippen LogP contribution in [0.5, 0.6) is 5.75 Å². The van der Waals surface area contributed by atoms with E-state index in [-0.39, 0.29) is 31.7 Å². The Labute approximate surface area is 330 Å². The lowest BCUT2D eigenvalue weighted by atomic mass is 9.99. The topological polar surface area (TPSA) is 305 Å². The van der Waals surface area contributed by atoms with Crippen LogP contribution in [0, 0.1) is 11.8 Å². The van der Waals surface area contributed by atoms with Gasteiger partial charge in [-0.05, 0) is 61.6 Å². The van der Waals surface area contributed by atoms with Gasteiger partial charge in [-0.2, -0.15) is 0 Å². The molecular weight excluding hydrogens is 767 g/mol. The highest BCUT2D eigenvalue weighted by Crippen LogP contribution is 2.37. The van der Waals surface area contributed by atoms with E-state index in [1.165, 1.54) is 36.1 Å². The van der Waals surface area contributed by atoms with Gasteiger partial charge in [-0.15, -0.1) is 0 Å². The molecule has 0 aromatic heterocycles. The van der Waals surface area contributed by atoms with E-state index < -0.39 is 110 Å². The number of benzene rings is 1. The highest BCUT2D eigenvalue weighted by atomic mass is 31.2. The summed E-state index contributed by atoms with van der Waals surface area (Å²) in [6.07, 6.45) is 0.926. The fraction of sp³-hybridized carbons (Fsp3) is 0.611. The second kappa shape index (κ2) is 20.9. The number of phosphoric ester groups is 1. The normalized spacial score (nSPS) is 25.2. The van der Waals surface area contributed by atoms with Gasteiger partial charge in [0.25, 0.3) is 0 Å². The number of fused-ring (bicyclic) bond motifs is 1. The van der Waals surface area contributed by atoms with Gasteiger partial charge in [-0.3, -0.25) is 48.1 Å². The number of nitrogens with zero attached hydrogens (tertiary/aromatic N) is 1. The summed E-state index contributed by atoms with van der Waals surface area (Å²) in [6.45, 7) is 8.26. The summed E-state index contributed by atoms with van der Waals surface area (Å²) in [4.78, 5) is 126. The van der Waals surface area contributed by atoms with Gasteiger partial charge < -0.3 is 47.1 Å². The van der Waals surface area contributed by atoms with Crippen molar-refractivity contribution in [3.05, 3.63) is 29.8 Å². The number of nitrogens with two attached hydrogens (primary N) is 1. The van der Waals surface area contributed by atoms with Crippen LogP contribution < -0.4 is 42.2 Å². The zero-order valence-corrected chi connectivity index (χ0v) is 33.6. The molecule has 2 saturated heterocycles. The zero-order chi connectivity index (χ0) is 42.6. The maximum Gasteiger partial charge on any atom is 0.524 e. The maximum atomic E-state index is 14.0. The summed E-state index contributed by atoms with van der Waals surface area (Å²) < 4.78 is 15.9.